The third-order valence-electron chi connectivity index (χ3n) is 3.60. The third-order valence-corrected chi connectivity index (χ3v) is 3.60. The van der Waals surface area contributed by atoms with Crippen LogP contribution in [0.1, 0.15) is 40.0 Å². The standard InChI is InChI=1S/C14H30N2O/c1-5-15-13-7-6-8-14(13)16(9-10-17-4)11-12(2)3/h12-15H,5-11H2,1-4H3. The van der Waals surface area contributed by atoms with Crippen LogP contribution >= 0.6 is 0 Å². The lowest BCUT2D eigenvalue weighted by molar-refractivity contribution is 0.101. The summed E-state index contributed by atoms with van der Waals surface area (Å²) in [6, 6.07) is 1.41. The highest BCUT2D eigenvalue weighted by molar-refractivity contribution is 4.90. The lowest BCUT2D eigenvalue weighted by Gasteiger charge is -2.34. The van der Waals surface area contributed by atoms with E-state index in [1.54, 1.807) is 7.11 Å². The first kappa shape index (κ1) is 14.9. The second-order valence-corrected chi connectivity index (χ2v) is 5.54. The van der Waals surface area contributed by atoms with E-state index in [0.717, 1.165) is 25.6 Å². The van der Waals surface area contributed by atoms with Gasteiger partial charge in [0, 0.05) is 32.3 Å². The van der Waals surface area contributed by atoms with Gasteiger partial charge >= 0.3 is 0 Å². The molecular weight excluding hydrogens is 212 g/mol. The molecule has 0 aromatic rings. The van der Waals surface area contributed by atoms with Gasteiger partial charge in [0.25, 0.3) is 0 Å². The maximum atomic E-state index is 5.25. The van der Waals surface area contributed by atoms with Crippen molar-refractivity contribution in [2.75, 3.05) is 33.4 Å². The lowest BCUT2D eigenvalue weighted by atomic mass is 10.1. The highest BCUT2D eigenvalue weighted by Gasteiger charge is 2.31. The molecule has 1 aliphatic rings. The molecule has 3 heteroatoms. The molecule has 2 atom stereocenters. The van der Waals surface area contributed by atoms with Crippen LogP contribution in [0.4, 0.5) is 0 Å². The van der Waals surface area contributed by atoms with Crippen LogP contribution in [0.3, 0.4) is 0 Å². The average molecular weight is 242 g/mol. The van der Waals surface area contributed by atoms with Crippen LogP contribution in [-0.2, 0) is 4.74 Å². The molecule has 1 fully saturated rings. The van der Waals surface area contributed by atoms with Gasteiger partial charge in [0.2, 0.25) is 0 Å². The topological polar surface area (TPSA) is 24.5 Å². The van der Waals surface area contributed by atoms with Gasteiger partial charge in [-0.3, -0.25) is 4.90 Å². The van der Waals surface area contributed by atoms with Crippen molar-refractivity contribution in [3.63, 3.8) is 0 Å². The summed E-state index contributed by atoms with van der Waals surface area (Å²) in [5.74, 6) is 0.731. The van der Waals surface area contributed by atoms with E-state index >= 15 is 0 Å². The number of rotatable bonds is 8. The van der Waals surface area contributed by atoms with Crippen LogP contribution in [-0.4, -0.2) is 50.3 Å². The van der Waals surface area contributed by atoms with Crippen LogP contribution < -0.4 is 5.32 Å². The average Bonchev–Trinajstić information content (AvgIpc) is 2.72. The summed E-state index contributed by atoms with van der Waals surface area (Å²) in [4.78, 5) is 2.63. The molecule has 2 unspecified atom stereocenters. The molecule has 0 amide bonds. The van der Waals surface area contributed by atoms with Crippen molar-refractivity contribution in [2.45, 2.75) is 52.1 Å². The Morgan fingerprint density at radius 3 is 2.71 bits per heavy atom. The Morgan fingerprint density at radius 2 is 2.12 bits per heavy atom. The van der Waals surface area contributed by atoms with Crippen molar-refractivity contribution in [3.8, 4) is 0 Å². The van der Waals surface area contributed by atoms with Gasteiger partial charge in [-0.1, -0.05) is 27.2 Å². The Kier molecular flexibility index (Phi) is 7.09. The van der Waals surface area contributed by atoms with Gasteiger partial charge in [0.15, 0.2) is 0 Å². The van der Waals surface area contributed by atoms with E-state index in [4.69, 9.17) is 4.74 Å². The molecule has 0 bridgehead atoms. The highest BCUT2D eigenvalue weighted by atomic mass is 16.5. The van der Waals surface area contributed by atoms with Gasteiger partial charge in [0.05, 0.1) is 6.61 Å². The van der Waals surface area contributed by atoms with Crippen molar-refractivity contribution in [1.82, 2.24) is 10.2 Å². The van der Waals surface area contributed by atoms with Crippen molar-refractivity contribution < 1.29 is 4.74 Å². The molecule has 0 aromatic heterocycles. The van der Waals surface area contributed by atoms with Gasteiger partial charge in [-0.15, -0.1) is 0 Å². The lowest BCUT2D eigenvalue weighted by Crippen LogP contribution is -2.49. The van der Waals surface area contributed by atoms with Crippen LogP contribution in [0.5, 0.6) is 0 Å². The number of nitrogens with one attached hydrogen (secondary N) is 1. The molecule has 1 rings (SSSR count). The van der Waals surface area contributed by atoms with Gasteiger partial charge in [-0.25, -0.2) is 0 Å². The molecule has 3 nitrogen and oxygen atoms in total. The van der Waals surface area contributed by atoms with Crippen LogP contribution in [0.15, 0.2) is 0 Å². The van der Waals surface area contributed by atoms with E-state index < -0.39 is 0 Å². The monoisotopic (exact) mass is 242 g/mol. The van der Waals surface area contributed by atoms with Gasteiger partial charge in [0.1, 0.15) is 0 Å². The summed E-state index contributed by atoms with van der Waals surface area (Å²) < 4.78 is 5.25. The zero-order chi connectivity index (χ0) is 12.7. The minimum atomic E-state index is 0.690. The van der Waals surface area contributed by atoms with Gasteiger partial charge < -0.3 is 10.1 Å². The molecule has 0 saturated heterocycles. The van der Waals surface area contributed by atoms with Crippen LogP contribution in [0, 0.1) is 5.92 Å². The molecule has 17 heavy (non-hydrogen) atoms. The third kappa shape index (κ3) is 4.94. The van der Waals surface area contributed by atoms with Crippen LogP contribution in [0.2, 0.25) is 0 Å². The Morgan fingerprint density at radius 1 is 1.35 bits per heavy atom. The zero-order valence-electron chi connectivity index (χ0n) is 12.0. The minimum absolute atomic E-state index is 0.690. The smallest absolute Gasteiger partial charge is 0.0589 e. The quantitative estimate of drug-likeness (QED) is 0.705. The normalized spacial score (nSPS) is 25.1. The fourth-order valence-electron chi connectivity index (χ4n) is 2.95. The summed E-state index contributed by atoms with van der Waals surface area (Å²) in [5.41, 5.74) is 0. The number of hydrogen-bond acceptors (Lipinski definition) is 3. The second kappa shape index (κ2) is 8.06. The van der Waals surface area contributed by atoms with E-state index in [1.807, 2.05) is 0 Å². The fourth-order valence-corrected chi connectivity index (χ4v) is 2.95. The maximum Gasteiger partial charge on any atom is 0.0589 e. The number of nitrogens with zero attached hydrogens (tertiary/aromatic N) is 1. The molecule has 0 radical (unpaired) electrons. The van der Waals surface area contributed by atoms with Gasteiger partial charge in [-0.05, 0) is 25.3 Å². The molecule has 0 aliphatic heterocycles. The summed E-state index contributed by atoms with van der Waals surface area (Å²) in [5, 5.41) is 3.64. The van der Waals surface area contributed by atoms with E-state index in [-0.39, 0.29) is 0 Å². The SMILES string of the molecule is CCNC1CCCC1N(CCOC)CC(C)C. The predicted octanol–water partition coefficient (Wildman–Crippen LogP) is 2.12. The number of hydrogen-bond donors (Lipinski definition) is 1. The Bertz CT molecular complexity index is 197. The first-order chi connectivity index (χ1) is 8.19. The predicted molar refractivity (Wildman–Crippen MR) is 73.4 cm³/mol. The van der Waals surface area contributed by atoms with E-state index in [1.165, 1.54) is 25.8 Å². The highest BCUT2D eigenvalue weighted by Crippen LogP contribution is 2.24. The van der Waals surface area contributed by atoms with E-state index in [2.05, 4.69) is 31.0 Å². The molecule has 0 aromatic carbocycles. The molecule has 0 spiro atoms. The first-order valence-electron chi connectivity index (χ1n) is 7.15. The molecule has 1 N–H and O–H groups in total. The second-order valence-electron chi connectivity index (χ2n) is 5.54. The van der Waals surface area contributed by atoms with Gasteiger partial charge in [-0.2, -0.15) is 0 Å². The summed E-state index contributed by atoms with van der Waals surface area (Å²) in [6.45, 7) is 11.0. The van der Waals surface area contributed by atoms with E-state index in [9.17, 15) is 0 Å². The van der Waals surface area contributed by atoms with Crippen LogP contribution in [0.25, 0.3) is 0 Å². The van der Waals surface area contributed by atoms with Crippen molar-refractivity contribution in [1.29, 1.82) is 0 Å². The van der Waals surface area contributed by atoms with Crippen molar-refractivity contribution >= 4 is 0 Å². The Hall–Kier alpha value is -0.120. The zero-order valence-corrected chi connectivity index (χ0v) is 12.0. The van der Waals surface area contributed by atoms with Crippen molar-refractivity contribution in [2.24, 2.45) is 5.92 Å². The molecule has 1 saturated carbocycles. The summed E-state index contributed by atoms with van der Waals surface area (Å²) >= 11 is 0. The number of likely N-dealkylation sites (N-methyl/N-ethyl adjacent to an activating group) is 1. The number of ether oxygens (including phenoxy) is 1. The first-order valence-corrected chi connectivity index (χ1v) is 7.15. The maximum absolute atomic E-state index is 5.25. The van der Waals surface area contributed by atoms with Crippen molar-refractivity contribution in [3.05, 3.63) is 0 Å². The molecule has 1 aliphatic carbocycles. The number of methoxy groups -OCH3 is 1. The Balaban J connectivity index is 2.53. The largest absolute Gasteiger partial charge is 0.383 e. The minimum Gasteiger partial charge on any atom is -0.383 e. The summed E-state index contributed by atoms with van der Waals surface area (Å²) in [6.07, 6.45) is 4.04. The summed E-state index contributed by atoms with van der Waals surface area (Å²) in [7, 11) is 1.80. The fraction of sp³-hybridized carbons (Fsp3) is 1.00. The van der Waals surface area contributed by atoms with E-state index in [0.29, 0.717) is 12.1 Å². The Labute approximate surface area is 107 Å². The molecule has 0 heterocycles. The molecular formula is C14H30N2O. The molecule has 102 valence electrons.